The second kappa shape index (κ2) is 10.2. The van der Waals surface area contributed by atoms with Gasteiger partial charge in [-0.15, -0.1) is 0 Å². The van der Waals surface area contributed by atoms with E-state index in [1.165, 1.54) is 0 Å². The maximum absolute atomic E-state index is 12.0. The van der Waals surface area contributed by atoms with Crippen LogP contribution in [-0.4, -0.2) is 45.4 Å². The average Bonchev–Trinajstić information content (AvgIpc) is 2.61. The number of benzene rings is 2. The molecule has 0 aliphatic rings. The molecule has 0 fully saturated rings. The minimum absolute atomic E-state index is 0.0400. The van der Waals surface area contributed by atoms with E-state index in [-0.39, 0.29) is 37.1 Å². The van der Waals surface area contributed by atoms with Crippen molar-refractivity contribution in [1.29, 1.82) is 0 Å². The quantitative estimate of drug-likeness (QED) is 0.588. The van der Waals surface area contributed by atoms with Crippen LogP contribution in [0.4, 0.5) is 5.69 Å². The highest BCUT2D eigenvalue weighted by Crippen LogP contribution is 2.17. The molecule has 0 radical (unpaired) electrons. The summed E-state index contributed by atoms with van der Waals surface area (Å²) < 4.78 is 28.5. The molecule has 2 aromatic carbocycles. The van der Waals surface area contributed by atoms with E-state index in [9.17, 15) is 18.0 Å². The number of anilines is 1. The molecule has 0 aliphatic carbocycles. The molecule has 0 aliphatic heterocycles. The van der Waals surface area contributed by atoms with Gasteiger partial charge in [0.15, 0.2) is 9.84 Å². The Morgan fingerprint density at radius 2 is 1.82 bits per heavy atom. The second-order valence-electron chi connectivity index (χ2n) is 6.07. The van der Waals surface area contributed by atoms with Crippen molar-refractivity contribution in [3.8, 4) is 5.75 Å². The number of hydrogen-bond donors (Lipinski definition) is 2. The Balaban J connectivity index is 1.77. The zero-order chi connectivity index (χ0) is 20.6. The number of sulfone groups is 1. The average molecular weight is 469 g/mol. The molecule has 0 aromatic heterocycles. The van der Waals surface area contributed by atoms with Crippen LogP contribution >= 0.6 is 15.9 Å². The van der Waals surface area contributed by atoms with Gasteiger partial charge in [-0.25, -0.2) is 8.42 Å². The van der Waals surface area contributed by atoms with E-state index in [4.69, 9.17) is 4.74 Å². The molecule has 2 aromatic rings. The predicted octanol–water partition coefficient (Wildman–Crippen LogP) is 2.63. The highest BCUT2D eigenvalue weighted by Gasteiger charge is 2.08. The molecular weight excluding hydrogens is 448 g/mol. The first kappa shape index (κ1) is 21.9. The van der Waals surface area contributed by atoms with E-state index in [0.717, 1.165) is 10.7 Å². The molecule has 2 N–H and O–H groups in total. The molecule has 150 valence electrons. The van der Waals surface area contributed by atoms with E-state index in [0.29, 0.717) is 17.0 Å². The van der Waals surface area contributed by atoms with Crippen LogP contribution < -0.4 is 15.4 Å². The van der Waals surface area contributed by atoms with Crippen molar-refractivity contribution < 1.29 is 22.7 Å². The van der Waals surface area contributed by atoms with Gasteiger partial charge in [0, 0.05) is 41.0 Å². The number of amides is 2. The van der Waals surface area contributed by atoms with Gasteiger partial charge in [0.05, 0.1) is 5.75 Å². The predicted molar refractivity (Wildman–Crippen MR) is 111 cm³/mol. The fraction of sp³-hybridized carbons (Fsp3) is 0.263. The van der Waals surface area contributed by atoms with Crippen LogP contribution in [0, 0.1) is 0 Å². The number of nitrogens with one attached hydrogen (secondary N) is 2. The minimum atomic E-state index is -3.09. The van der Waals surface area contributed by atoms with E-state index in [1.54, 1.807) is 48.5 Å². The van der Waals surface area contributed by atoms with Crippen molar-refractivity contribution >= 4 is 43.3 Å². The van der Waals surface area contributed by atoms with Gasteiger partial charge in [-0.05, 0) is 36.4 Å². The summed E-state index contributed by atoms with van der Waals surface area (Å²) >= 11 is 3.30. The first-order valence-electron chi connectivity index (χ1n) is 8.47. The van der Waals surface area contributed by atoms with Gasteiger partial charge < -0.3 is 15.4 Å². The molecule has 28 heavy (non-hydrogen) atoms. The van der Waals surface area contributed by atoms with Crippen LogP contribution in [0.5, 0.6) is 5.75 Å². The molecule has 2 rings (SSSR count). The van der Waals surface area contributed by atoms with Gasteiger partial charge in [-0.1, -0.05) is 22.0 Å². The zero-order valence-electron chi connectivity index (χ0n) is 15.3. The summed E-state index contributed by atoms with van der Waals surface area (Å²) in [5.41, 5.74) is 1.05. The van der Waals surface area contributed by atoms with Gasteiger partial charge in [-0.3, -0.25) is 9.59 Å². The summed E-state index contributed by atoms with van der Waals surface area (Å²) in [6.45, 7) is 0.240. The third-order valence-corrected chi connectivity index (χ3v) is 5.02. The fourth-order valence-electron chi connectivity index (χ4n) is 2.19. The third kappa shape index (κ3) is 8.10. The largest absolute Gasteiger partial charge is 0.492 e. The number of ether oxygens (including phenoxy) is 1. The van der Waals surface area contributed by atoms with Crippen LogP contribution in [-0.2, 0) is 14.6 Å². The molecule has 0 saturated heterocycles. The number of halogens is 1. The molecule has 2 amide bonds. The summed E-state index contributed by atoms with van der Waals surface area (Å²) in [4.78, 5) is 24.0. The van der Waals surface area contributed by atoms with E-state index in [2.05, 4.69) is 26.6 Å². The van der Waals surface area contributed by atoms with Crippen molar-refractivity contribution in [2.75, 3.05) is 30.5 Å². The molecular formula is C19H21BrN2O5S. The third-order valence-electron chi connectivity index (χ3n) is 3.58. The summed E-state index contributed by atoms with van der Waals surface area (Å²) in [5.74, 6) is -0.127. The molecule has 0 saturated carbocycles. The smallest absolute Gasteiger partial charge is 0.251 e. The number of rotatable bonds is 9. The van der Waals surface area contributed by atoms with Crippen molar-refractivity contribution in [3.05, 3.63) is 58.6 Å². The fourth-order valence-corrected chi connectivity index (χ4v) is 2.84. The summed E-state index contributed by atoms with van der Waals surface area (Å²) in [6.07, 6.45) is 1.25. The Labute approximate surface area is 172 Å². The highest BCUT2D eigenvalue weighted by molar-refractivity contribution is 9.10. The molecule has 0 atom stereocenters. The monoisotopic (exact) mass is 468 g/mol. The van der Waals surface area contributed by atoms with Crippen molar-refractivity contribution in [2.45, 2.75) is 6.42 Å². The lowest BCUT2D eigenvalue weighted by Gasteiger charge is -2.09. The van der Waals surface area contributed by atoms with Crippen molar-refractivity contribution in [1.82, 2.24) is 5.32 Å². The van der Waals surface area contributed by atoms with Crippen LogP contribution in [0.15, 0.2) is 53.0 Å². The number of hydrogen-bond acceptors (Lipinski definition) is 5. The van der Waals surface area contributed by atoms with Gasteiger partial charge in [0.2, 0.25) is 5.91 Å². The zero-order valence-corrected chi connectivity index (χ0v) is 17.7. The lowest BCUT2D eigenvalue weighted by molar-refractivity contribution is -0.116. The normalized spacial score (nSPS) is 10.9. The Hall–Kier alpha value is -2.39. The maximum atomic E-state index is 12.0. The molecule has 0 unspecified atom stereocenters. The number of carbonyl (C=O) groups is 2. The van der Waals surface area contributed by atoms with Crippen LogP contribution in [0.3, 0.4) is 0 Å². The van der Waals surface area contributed by atoms with E-state index in [1.807, 2.05) is 0 Å². The van der Waals surface area contributed by atoms with Crippen LogP contribution in [0.25, 0.3) is 0 Å². The van der Waals surface area contributed by atoms with E-state index >= 15 is 0 Å². The van der Waals surface area contributed by atoms with Crippen LogP contribution in [0.2, 0.25) is 0 Å². The molecule has 0 bridgehead atoms. The first-order valence-corrected chi connectivity index (χ1v) is 11.3. The van der Waals surface area contributed by atoms with Crippen molar-refractivity contribution in [3.63, 3.8) is 0 Å². The van der Waals surface area contributed by atoms with Crippen molar-refractivity contribution in [2.24, 2.45) is 0 Å². The Morgan fingerprint density at radius 3 is 2.50 bits per heavy atom. The SMILES string of the molecule is CS(=O)(=O)CCOc1cccc(NC(=O)CCNC(=O)c2ccc(Br)cc2)c1. The molecule has 0 spiro atoms. The standard InChI is InChI=1S/C19H21BrN2O5S/c1-28(25,26)12-11-27-17-4-2-3-16(13-17)22-18(23)9-10-21-19(24)14-5-7-15(20)8-6-14/h2-8,13H,9-12H2,1H3,(H,21,24)(H,22,23). The maximum Gasteiger partial charge on any atom is 0.251 e. The van der Waals surface area contributed by atoms with Gasteiger partial charge >= 0.3 is 0 Å². The lowest BCUT2D eigenvalue weighted by Crippen LogP contribution is -2.27. The summed E-state index contributed by atoms with van der Waals surface area (Å²) in [6, 6.07) is 13.6. The van der Waals surface area contributed by atoms with Gasteiger partial charge in [0.1, 0.15) is 12.4 Å². The Kier molecular flexibility index (Phi) is 8.01. The summed E-state index contributed by atoms with van der Waals surface area (Å²) in [7, 11) is -3.09. The van der Waals surface area contributed by atoms with Crippen LogP contribution in [0.1, 0.15) is 16.8 Å². The Morgan fingerprint density at radius 1 is 1.11 bits per heavy atom. The molecule has 0 heterocycles. The van der Waals surface area contributed by atoms with Gasteiger partial charge in [-0.2, -0.15) is 0 Å². The lowest BCUT2D eigenvalue weighted by atomic mass is 10.2. The Bertz CT molecular complexity index is 930. The highest BCUT2D eigenvalue weighted by atomic mass is 79.9. The second-order valence-corrected chi connectivity index (χ2v) is 9.24. The van der Waals surface area contributed by atoms with E-state index < -0.39 is 9.84 Å². The minimum Gasteiger partial charge on any atom is -0.492 e. The number of carbonyl (C=O) groups excluding carboxylic acids is 2. The first-order chi connectivity index (χ1) is 13.2. The topological polar surface area (TPSA) is 102 Å². The summed E-state index contributed by atoms with van der Waals surface area (Å²) in [5, 5.41) is 5.41. The van der Waals surface area contributed by atoms with Gasteiger partial charge in [0.25, 0.3) is 5.91 Å². The molecule has 9 heteroatoms. The molecule has 7 nitrogen and oxygen atoms in total.